The third-order valence-electron chi connectivity index (χ3n) is 2.56. The summed E-state index contributed by atoms with van der Waals surface area (Å²) >= 11 is 3.49. The first kappa shape index (κ1) is 9.20. The van der Waals surface area contributed by atoms with Crippen molar-refractivity contribution in [3.8, 4) is 0 Å². The van der Waals surface area contributed by atoms with E-state index >= 15 is 0 Å². The summed E-state index contributed by atoms with van der Waals surface area (Å²) in [5.41, 5.74) is 2.76. The first-order chi connectivity index (χ1) is 6.18. The molecular formula is C11H14BrN. The molecule has 0 bridgehead atoms. The van der Waals surface area contributed by atoms with Crippen molar-refractivity contribution in [3.63, 3.8) is 0 Å². The van der Waals surface area contributed by atoms with E-state index in [-0.39, 0.29) is 0 Å². The van der Waals surface area contributed by atoms with Crippen molar-refractivity contribution in [2.75, 3.05) is 0 Å². The maximum Gasteiger partial charge on any atom is 0.109 e. The van der Waals surface area contributed by atoms with Gasteiger partial charge in [0.1, 0.15) is 4.60 Å². The highest BCUT2D eigenvalue weighted by atomic mass is 79.9. The number of pyridine rings is 1. The molecule has 1 aliphatic carbocycles. The molecule has 0 unspecified atom stereocenters. The number of hydrogen-bond donors (Lipinski definition) is 0. The quantitative estimate of drug-likeness (QED) is 0.715. The van der Waals surface area contributed by atoms with Crippen molar-refractivity contribution in [2.45, 2.75) is 38.5 Å². The highest BCUT2D eigenvalue weighted by molar-refractivity contribution is 9.10. The van der Waals surface area contributed by atoms with Gasteiger partial charge < -0.3 is 0 Å². The summed E-state index contributed by atoms with van der Waals surface area (Å²) in [6, 6.07) is 2.30. The molecule has 1 aromatic heterocycles. The van der Waals surface area contributed by atoms with E-state index in [4.69, 9.17) is 0 Å². The second kappa shape index (κ2) is 3.41. The Hall–Kier alpha value is -0.370. The highest BCUT2D eigenvalue weighted by Crippen LogP contribution is 2.41. The van der Waals surface area contributed by atoms with Crippen LogP contribution in [0, 0.1) is 0 Å². The van der Waals surface area contributed by atoms with Crippen LogP contribution in [0.1, 0.15) is 49.7 Å². The van der Waals surface area contributed by atoms with E-state index in [9.17, 15) is 0 Å². The smallest absolute Gasteiger partial charge is 0.109 e. The number of hydrogen-bond acceptors (Lipinski definition) is 1. The molecule has 1 heterocycles. The average molecular weight is 240 g/mol. The van der Waals surface area contributed by atoms with Crippen molar-refractivity contribution in [1.82, 2.24) is 4.98 Å². The van der Waals surface area contributed by atoms with Gasteiger partial charge in [0.25, 0.3) is 0 Å². The molecule has 0 amide bonds. The van der Waals surface area contributed by atoms with Gasteiger partial charge in [-0.15, -0.1) is 0 Å². The van der Waals surface area contributed by atoms with E-state index in [0.29, 0.717) is 5.92 Å². The molecule has 1 nitrogen and oxygen atoms in total. The third kappa shape index (κ3) is 1.93. The molecule has 1 aliphatic rings. The van der Waals surface area contributed by atoms with Crippen molar-refractivity contribution in [1.29, 1.82) is 0 Å². The zero-order valence-electron chi connectivity index (χ0n) is 8.05. The van der Waals surface area contributed by atoms with Crippen molar-refractivity contribution < 1.29 is 0 Å². The number of halogens is 1. The van der Waals surface area contributed by atoms with Crippen LogP contribution in [0.3, 0.4) is 0 Å². The molecule has 0 N–H and O–H groups in total. The van der Waals surface area contributed by atoms with Gasteiger partial charge in [-0.05, 0) is 51.7 Å². The first-order valence-corrected chi connectivity index (χ1v) is 5.63. The zero-order chi connectivity index (χ0) is 9.42. The normalized spacial score (nSPS) is 16.6. The lowest BCUT2D eigenvalue weighted by Gasteiger charge is -2.09. The van der Waals surface area contributed by atoms with Gasteiger partial charge in [-0.25, -0.2) is 4.98 Å². The van der Waals surface area contributed by atoms with Crippen molar-refractivity contribution in [2.24, 2.45) is 0 Å². The van der Waals surface area contributed by atoms with E-state index in [1.54, 1.807) is 0 Å². The van der Waals surface area contributed by atoms with Crippen LogP contribution in [0.15, 0.2) is 16.9 Å². The monoisotopic (exact) mass is 239 g/mol. The number of aromatic nitrogens is 1. The van der Waals surface area contributed by atoms with E-state index in [2.05, 4.69) is 40.8 Å². The second-order valence-corrected chi connectivity index (χ2v) is 4.83. The number of nitrogens with zero attached hydrogens (tertiary/aromatic N) is 1. The van der Waals surface area contributed by atoms with E-state index in [0.717, 1.165) is 10.5 Å². The topological polar surface area (TPSA) is 12.9 Å². The highest BCUT2D eigenvalue weighted by Gasteiger charge is 2.24. The minimum Gasteiger partial charge on any atom is -0.249 e. The van der Waals surface area contributed by atoms with Crippen molar-refractivity contribution >= 4 is 15.9 Å². The fourth-order valence-electron chi connectivity index (χ4n) is 1.53. The zero-order valence-corrected chi connectivity index (χ0v) is 9.63. The molecule has 2 rings (SSSR count). The lowest BCUT2D eigenvalue weighted by atomic mass is 10.0. The SMILES string of the molecule is CC(C)c1cc(C2CC2)cnc1Br. The molecule has 0 radical (unpaired) electrons. The minimum absolute atomic E-state index is 0.556. The Balaban J connectivity index is 2.36. The fourth-order valence-corrected chi connectivity index (χ4v) is 2.20. The van der Waals surface area contributed by atoms with E-state index in [1.807, 2.05) is 6.20 Å². The molecule has 0 aliphatic heterocycles. The van der Waals surface area contributed by atoms with Gasteiger partial charge >= 0.3 is 0 Å². The molecule has 0 atom stereocenters. The summed E-state index contributed by atoms with van der Waals surface area (Å²) in [5.74, 6) is 1.36. The lowest BCUT2D eigenvalue weighted by molar-refractivity contribution is 0.842. The molecule has 0 spiro atoms. The van der Waals surface area contributed by atoms with Gasteiger partial charge in [0.2, 0.25) is 0 Å². The summed E-state index contributed by atoms with van der Waals surface area (Å²) in [6.07, 6.45) is 4.70. The Kier molecular flexibility index (Phi) is 2.41. The summed E-state index contributed by atoms with van der Waals surface area (Å²) in [6.45, 7) is 4.41. The van der Waals surface area contributed by atoms with Gasteiger partial charge in [0.15, 0.2) is 0 Å². The van der Waals surface area contributed by atoms with Gasteiger partial charge in [0, 0.05) is 6.20 Å². The van der Waals surface area contributed by atoms with E-state index in [1.165, 1.54) is 24.0 Å². The Labute approximate surface area is 87.7 Å². The first-order valence-electron chi connectivity index (χ1n) is 4.84. The summed E-state index contributed by atoms with van der Waals surface area (Å²) in [5, 5.41) is 0. The van der Waals surface area contributed by atoms with Crippen LogP contribution >= 0.6 is 15.9 Å². The van der Waals surface area contributed by atoms with Gasteiger partial charge in [-0.3, -0.25) is 0 Å². The van der Waals surface area contributed by atoms with Crippen LogP contribution in [0.25, 0.3) is 0 Å². The Bertz CT molecular complexity index is 316. The minimum atomic E-state index is 0.556. The Morgan fingerprint density at radius 1 is 1.46 bits per heavy atom. The molecule has 2 heteroatoms. The van der Waals surface area contributed by atoms with Gasteiger partial charge in [-0.1, -0.05) is 19.9 Å². The van der Waals surface area contributed by atoms with E-state index < -0.39 is 0 Å². The summed E-state index contributed by atoms with van der Waals surface area (Å²) < 4.78 is 1.01. The van der Waals surface area contributed by atoms with Crippen LogP contribution in [0.2, 0.25) is 0 Å². The van der Waals surface area contributed by atoms with Crippen LogP contribution < -0.4 is 0 Å². The third-order valence-corrected chi connectivity index (χ3v) is 3.22. The molecule has 0 aromatic carbocycles. The summed E-state index contributed by atoms with van der Waals surface area (Å²) in [4.78, 5) is 4.38. The Morgan fingerprint density at radius 3 is 2.69 bits per heavy atom. The van der Waals surface area contributed by atoms with Crippen LogP contribution in [0.5, 0.6) is 0 Å². The maximum absolute atomic E-state index is 4.38. The molecule has 0 saturated heterocycles. The lowest BCUT2D eigenvalue weighted by Crippen LogP contribution is -1.94. The van der Waals surface area contributed by atoms with Crippen LogP contribution in [0.4, 0.5) is 0 Å². The molecular weight excluding hydrogens is 226 g/mol. The number of rotatable bonds is 2. The van der Waals surface area contributed by atoms with Crippen LogP contribution in [-0.2, 0) is 0 Å². The molecule has 1 aromatic rings. The molecule has 1 fully saturated rings. The van der Waals surface area contributed by atoms with Crippen molar-refractivity contribution in [3.05, 3.63) is 28.0 Å². The molecule has 13 heavy (non-hydrogen) atoms. The largest absolute Gasteiger partial charge is 0.249 e. The standard InChI is InChI=1S/C11H14BrN/c1-7(2)10-5-9(8-3-4-8)6-13-11(10)12/h5-8H,3-4H2,1-2H3. The van der Waals surface area contributed by atoms with Gasteiger partial charge in [-0.2, -0.15) is 0 Å². The Morgan fingerprint density at radius 2 is 2.15 bits per heavy atom. The predicted octanol–water partition coefficient (Wildman–Crippen LogP) is 3.84. The molecule has 1 saturated carbocycles. The fraction of sp³-hybridized carbons (Fsp3) is 0.545. The summed E-state index contributed by atoms with van der Waals surface area (Å²) in [7, 11) is 0. The second-order valence-electron chi connectivity index (χ2n) is 4.08. The average Bonchev–Trinajstić information content (AvgIpc) is 2.87. The molecule has 70 valence electrons. The predicted molar refractivity (Wildman–Crippen MR) is 58.0 cm³/mol. The maximum atomic E-state index is 4.38. The van der Waals surface area contributed by atoms with Gasteiger partial charge in [0.05, 0.1) is 0 Å². The van der Waals surface area contributed by atoms with Crippen LogP contribution in [-0.4, -0.2) is 4.98 Å².